The van der Waals surface area contributed by atoms with Gasteiger partial charge in [-0.15, -0.1) is 0 Å². The number of esters is 1. The quantitative estimate of drug-likeness (QED) is 0.690. The van der Waals surface area contributed by atoms with Crippen molar-refractivity contribution in [3.05, 3.63) is 35.9 Å². The Morgan fingerprint density at radius 3 is 2.35 bits per heavy atom. The van der Waals surface area contributed by atoms with E-state index < -0.39 is 29.8 Å². The predicted molar refractivity (Wildman–Crippen MR) is 99.5 cm³/mol. The standard InChI is InChI=1S/C20H31NO5/c1-6-14(2)18(16(22)12-17(23)26-20(3,4)5)21-19(24)25-13-15-10-8-7-9-11-15/h7-11,14,16,18,22H,6,12-13H2,1-5H3,(H,21,24). The zero-order valence-electron chi connectivity index (χ0n) is 16.3. The summed E-state index contributed by atoms with van der Waals surface area (Å²) in [5.41, 5.74) is 0.252. The minimum atomic E-state index is -1.05. The fraction of sp³-hybridized carbons (Fsp3) is 0.600. The molecule has 0 aliphatic carbocycles. The molecule has 6 heteroatoms. The minimum absolute atomic E-state index is 0.0308. The summed E-state index contributed by atoms with van der Waals surface area (Å²) in [4.78, 5) is 24.1. The van der Waals surface area contributed by atoms with Crippen molar-refractivity contribution in [2.45, 2.75) is 71.8 Å². The fourth-order valence-electron chi connectivity index (χ4n) is 2.45. The molecule has 0 bridgehead atoms. The third-order valence-electron chi connectivity index (χ3n) is 3.96. The van der Waals surface area contributed by atoms with Gasteiger partial charge >= 0.3 is 12.1 Å². The fourth-order valence-corrected chi connectivity index (χ4v) is 2.45. The van der Waals surface area contributed by atoms with Crippen molar-refractivity contribution in [1.29, 1.82) is 0 Å². The number of aliphatic hydroxyl groups is 1. The van der Waals surface area contributed by atoms with E-state index in [2.05, 4.69) is 5.32 Å². The lowest BCUT2D eigenvalue weighted by Crippen LogP contribution is -2.48. The van der Waals surface area contributed by atoms with Crippen molar-refractivity contribution >= 4 is 12.1 Å². The average Bonchev–Trinajstić information content (AvgIpc) is 2.56. The Morgan fingerprint density at radius 1 is 1.19 bits per heavy atom. The monoisotopic (exact) mass is 365 g/mol. The van der Waals surface area contributed by atoms with Crippen LogP contribution < -0.4 is 5.32 Å². The molecule has 146 valence electrons. The van der Waals surface area contributed by atoms with Gasteiger partial charge in [0.15, 0.2) is 0 Å². The highest BCUT2D eigenvalue weighted by Crippen LogP contribution is 2.17. The van der Waals surface area contributed by atoms with Crippen molar-refractivity contribution in [2.24, 2.45) is 5.92 Å². The number of nitrogens with one attached hydrogen (secondary N) is 1. The molecule has 0 fully saturated rings. The molecule has 1 aromatic rings. The van der Waals surface area contributed by atoms with Crippen LogP contribution in [0.25, 0.3) is 0 Å². The first-order chi connectivity index (χ1) is 12.1. The topological polar surface area (TPSA) is 84.9 Å². The second kappa shape index (κ2) is 10.2. The van der Waals surface area contributed by atoms with Crippen LogP contribution in [0.15, 0.2) is 30.3 Å². The molecule has 0 spiro atoms. The van der Waals surface area contributed by atoms with Crippen LogP contribution in [0, 0.1) is 5.92 Å². The maximum Gasteiger partial charge on any atom is 0.407 e. The number of carbonyl (C=O) groups is 2. The van der Waals surface area contributed by atoms with Crippen LogP contribution in [0.5, 0.6) is 0 Å². The van der Waals surface area contributed by atoms with Gasteiger partial charge in [0.05, 0.1) is 18.6 Å². The van der Waals surface area contributed by atoms with Gasteiger partial charge in [-0.2, -0.15) is 0 Å². The van der Waals surface area contributed by atoms with E-state index in [1.54, 1.807) is 20.8 Å². The number of amides is 1. The van der Waals surface area contributed by atoms with Gasteiger partial charge in [0.25, 0.3) is 0 Å². The SMILES string of the molecule is CCC(C)C(NC(=O)OCc1ccccc1)C(O)CC(=O)OC(C)(C)C. The first-order valence-corrected chi connectivity index (χ1v) is 8.99. The lowest BCUT2D eigenvalue weighted by atomic mass is 9.93. The van der Waals surface area contributed by atoms with Gasteiger partial charge in [-0.3, -0.25) is 4.79 Å². The van der Waals surface area contributed by atoms with E-state index in [0.717, 1.165) is 12.0 Å². The Balaban J connectivity index is 2.62. The Kier molecular flexibility index (Phi) is 8.58. The number of rotatable bonds is 8. The molecule has 1 rings (SSSR count). The second-order valence-electron chi connectivity index (χ2n) is 7.48. The van der Waals surface area contributed by atoms with Crippen LogP contribution in [-0.2, 0) is 20.9 Å². The van der Waals surface area contributed by atoms with Gasteiger partial charge in [0.2, 0.25) is 0 Å². The van der Waals surface area contributed by atoms with Gasteiger partial charge in [-0.05, 0) is 32.3 Å². The van der Waals surface area contributed by atoms with Gasteiger partial charge in [-0.1, -0.05) is 50.6 Å². The maximum atomic E-state index is 12.1. The van der Waals surface area contributed by atoms with Gasteiger partial charge in [0, 0.05) is 0 Å². The Morgan fingerprint density at radius 2 is 1.81 bits per heavy atom. The lowest BCUT2D eigenvalue weighted by molar-refractivity contribution is -0.157. The predicted octanol–water partition coefficient (Wildman–Crippen LogP) is 3.42. The van der Waals surface area contributed by atoms with Crippen LogP contribution in [0.1, 0.15) is 53.0 Å². The third kappa shape index (κ3) is 8.34. The van der Waals surface area contributed by atoms with Crippen LogP contribution in [0.3, 0.4) is 0 Å². The van der Waals surface area contributed by atoms with E-state index >= 15 is 0 Å². The van der Waals surface area contributed by atoms with E-state index in [0.29, 0.717) is 0 Å². The van der Waals surface area contributed by atoms with E-state index in [9.17, 15) is 14.7 Å². The van der Waals surface area contributed by atoms with Crippen LogP contribution in [0.4, 0.5) is 4.79 Å². The van der Waals surface area contributed by atoms with Crippen molar-refractivity contribution in [2.75, 3.05) is 0 Å². The summed E-state index contributed by atoms with van der Waals surface area (Å²) in [6, 6.07) is 8.73. The summed E-state index contributed by atoms with van der Waals surface area (Å²) in [5.74, 6) is -0.533. The summed E-state index contributed by atoms with van der Waals surface area (Å²) < 4.78 is 10.5. The first-order valence-electron chi connectivity index (χ1n) is 8.99. The number of carbonyl (C=O) groups excluding carboxylic acids is 2. The number of alkyl carbamates (subject to hydrolysis) is 1. The molecule has 0 aliphatic rings. The molecular formula is C20H31NO5. The molecule has 0 saturated carbocycles. The number of hydrogen-bond donors (Lipinski definition) is 2. The third-order valence-corrected chi connectivity index (χ3v) is 3.96. The van der Waals surface area contributed by atoms with Crippen LogP contribution in [0.2, 0.25) is 0 Å². The largest absolute Gasteiger partial charge is 0.460 e. The minimum Gasteiger partial charge on any atom is -0.460 e. The molecule has 1 aromatic carbocycles. The number of benzene rings is 1. The molecule has 0 radical (unpaired) electrons. The summed E-state index contributed by atoms with van der Waals surface area (Å²) in [6.07, 6.45) is -1.13. The molecule has 0 saturated heterocycles. The highest BCUT2D eigenvalue weighted by molar-refractivity contribution is 5.71. The Hall–Kier alpha value is -2.08. The summed E-state index contributed by atoms with van der Waals surface area (Å²) >= 11 is 0. The van der Waals surface area contributed by atoms with E-state index in [-0.39, 0.29) is 18.9 Å². The summed E-state index contributed by atoms with van der Waals surface area (Å²) in [5, 5.41) is 13.1. The molecule has 0 heterocycles. The Labute approximate surface area is 155 Å². The van der Waals surface area contributed by atoms with E-state index in [1.165, 1.54) is 0 Å². The molecule has 2 N–H and O–H groups in total. The molecule has 3 unspecified atom stereocenters. The van der Waals surface area contributed by atoms with E-state index in [1.807, 2.05) is 44.2 Å². The molecular weight excluding hydrogens is 334 g/mol. The molecule has 0 aliphatic heterocycles. The lowest BCUT2D eigenvalue weighted by Gasteiger charge is -2.29. The number of ether oxygens (including phenoxy) is 2. The van der Waals surface area contributed by atoms with Crippen molar-refractivity contribution in [3.8, 4) is 0 Å². The second-order valence-corrected chi connectivity index (χ2v) is 7.48. The normalized spacial score (nSPS) is 14.8. The zero-order valence-corrected chi connectivity index (χ0v) is 16.3. The highest BCUT2D eigenvalue weighted by atomic mass is 16.6. The average molecular weight is 365 g/mol. The Bertz CT molecular complexity index is 567. The van der Waals surface area contributed by atoms with Crippen molar-refractivity contribution < 1.29 is 24.2 Å². The van der Waals surface area contributed by atoms with Crippen LogP contribution in [-0.4, -0.2) is 34.9 Å². The highest BCUT2D eigenvalue weighted by Gasteiger charge is 2.30. The molecule has 3 atom stereocenters. The smallest absolute Gasteiger partial charge is 0.407 e. The number of aliphatic hydroxyl groups excluding tert-OH is 1. The molecule has 0 aromatic heterocycles. The summed E-state index contributed by atoms with van der Waals surface area (Å²) in [6.45, 7) is 9.30. The molecule has 1 amide bonds. The van der Waals surface area contributed by atoms with Crippen LogP contribution >= 0.6 is 0 Å². The first kappa shape index (κ1) is 22.0. The van der Waals surface area contributed by atoms with Gasteiger partial charge in [-0.25, -0.2) is 4.79 Å². The maximum absolute atomic E-state index is 12.1. The zero-order chi connectivity index (χ0) is 19.7. The molecule has 6 nitrogen and oxygen atoms in total. The van der Waals surface area contributed by atoms with Crippen molar-refractivity contribution in [1.82, 2.24) is 5.32 Å². The van der Waals surface area contributed by atoms with Gasteiger partial charge in [0.1, 0.15) is 12.2 Å². The number of hydrogen-bond acceptors (Lipinski definition) is 5. The molecule has 26 heavy (non-hydrogen) atoms. The summed E-state index contributed by atoms with van der Waals surface area (Å²) in [7, 11) is 0. The van der Waals surface area contributed by atoms with Crippen molar-refractivity contribution in [3.63, 3.8) is 0 Å². The van der Waals surface area contributed by atoms with Gasteiger partial charge < -0.3 is 19.9 Å². The van der Waals surface area contributed by atoms with E-state index in [4.69, 9.17) is 9.47 Å².